The van der Waals surface area contributed by atoms with Gasteiger partial charge in [0.25, 0.3) is 0 Å². The van der Waals surface area contributed by atoms with E-state index in [1.54, 1.807) is 0 Å². The van der Waals surface area contributed by atoms with Gasteiger partial charge in [0.2, 0.25) is 0 Å². The molecule has 1 aliphatic rings. The number of fused-ring (bicyclic) bond motifs is 1. The third-order valence-electron chi connectivity index (χ3n) is 2.04. The van der Waals surface area contributed by atoms with Gasteiger partial charge in [0.15, 0.2) is 0 Å². The van der Waals surface area contributed by atoms with Crippen LogP contribution in [-0.2, 0) is 0 Å². The van der Waals surface area contributed by atoms with Crippen LogP contribution in [0, 0.1) is 0 Å². The minimum Gasteiger partial charge on any atom is -0.357 e. The van der Waals surface area contributed by atoms with Crippen molar-refractivity contribution >= 4 is 27.7 Å². The van der Waals surface area contributed by atoms with Gasteiger partial charge in [0, 0.05) is 12.2 Å². The molecule has 1 aliphatic heterocycles. The average molecular weight is 224 g/mol. The zero-order valence-electron chi connectivity index (χ0n) is 6.70. The van der Waals surface area contributed by atoms with Crippen molar-refractivity contribution in [3.05, 3.63) is 35.9 Å². The summed E-state index contributed by atoms with van der Waals surface area (Å²) in [5, 5.41) is 0. The average Bonchev–Trinajstić information content (AvgIpc) is 2.17. The molecule has 0 bridgehead atoms. The highest BCUT2D eigenvalue weighted by Gasteiger charge is 2.09. The van der Waals surface area contributed by atoms with Crippen molar-refractivity contribution < 1.29 is 0 Å². The maximum absolute atomic E-state index is 3.47. The zero-order chi connectivity index (χ0) is 8.39. The van der Waals surface area contributed by atoms with E-state index >= 15 is 0 Å². The van der Waals surface area contributed by atoms with Gasteiger partial charge < -0.3 is 4.90 Å². The van der Waals surface area contributed by atoms with E-state index < -0.39 is 0 Å². The molecule has 2 rings (SSSR count). The highest BCUT2D eigenvalue weighted by atomic mass is 79.9. The molecule has 0 amide bonds. The maximum Gasteiger partial charge on any atom is 0.0739 e. The van der Waals surface area contributed by atoms with Gasteiger partial charge in [0.1, 0.15) is 0 Å². The van der Waals surface area contributed by atoms with Gasteiger partial charge in [-0.1, -0.05) is 46.3 Å². The smallest absolute Gasteiger partial charge is 0.0739 e. The summed E-state index contributed by atoms with van der Waals surface area (Å²) in [5.41, 5.74) is 3.52. The normalized spacial score (nSPS) is 14.6. The molecule has 0 saturated heterocycles. The number of nitrogens with zero attached hydrogens (tertiary/aromatic N) is 1. The van der Waals surface area contributed by atoms with Gasteiger partial charge in [-0.15, -0.1) is 0 Å². The Morgan fingerprint density at radius 2 is 2.17 bits per heavy atom. The molecule has 0 radical (unpaired) electrons. The summed E-state index contributed by atoms with van der Waals surface area (Å²) in [7, 11) is 0. The molecule has 0 spiro atoms. The molecule has 0 atom stereocenters. The van der Waals surface area contributed by atoms with Crippen molar-refractivity contribution in [2.75, 3.05) is 16.9 Å². The highest BCUT2D eigenvalue weighted by Crippen LogP contribution is 2.25. The Balaban J connectivity index is 2.45. The van der Waals surface area contributed by atoms with Gasteiger partial charge in [0.05, 0.1) is 5.45 Å². The van der Waals surface area contributed by atoms with Crippen LogP contribution < -0.4 is 4.90 Å². The standard InChI is InChI=1S/C10H10BrN/c11-8-12-7-3-5-9-4-1-2-6-10(9)12/h1-6H,7-8H2. The molecule has 0 N–H and O–H groups in total. The van der Waals surface area contributed by atoms with Crippen molar-refractivity contribution in [2.45, 2.75) is 0 Å². The summed E-state index contributed by atoms with van der Waals surface area (Å²) in [5.74, 6) is 0. The van der Waals surface area contributed by atoms with Crippen molar-refractivity contribution in [2.24, 2.45) is 0 Å². The zero-order valence-corrected chi connectivity index (χ0v) is 8.29. The summed E-state index contributed by atoms with van der Waals surface area (Å²) < 4.78 is 0. The van der Waals surface area contributed by atoms with Crippen LogP contribution in [0.2, 0.25) is 0 Å². The second-order valence-corrected chi connectivity index (χ2v) is 3.30. The van der Waals surface area contributed by atoms with Crippen molar-refractivity contribution in [1.29, 1.82) is 0 Å². The molecular weight excluding hydrogens is 214 g/mol. The summed E-state index contributed by atoms with van der Waals surface area (Å²) >= 11 is 3.47. The minimum atomic E-state index is 0.897. The van der Waals surface area contributed by atoms with Crippen LogP contribution in [0.25, 0.3) is 6.08 Å². The Kier molecular flexibility index (Phi) is 2.17. The second kappa shape index (κ2) is 3.31. The SMILES string of the molecule is BrCN1CC=Cc2ccccc21. The van der Waals surface area contributed by atoms with Crippen molar-refractivity contribution in [3.63, 3.8) is 0 Å². The number of benzene rings is 1. The van der Waals surface area contributed by atoms with Crippen LogP contribution in [0.4, 0.5) is 5.69 Å². The number of hydrogen-bond donors (Lipinski definition) is 0. The van der Waals surface area contributed by atoms with Crippen LogP contribution in [0.5, 0.6) is 0 Å². The predicted octanol–water partition coefficient (Wildman–Crippen LogP) is 2.87. The molecule has 2 heteroatoms. The van der Waals surface area contributed by atoms with E-state index in [2.05, 4.69) is 57.2 Å². The molecule has 0 aromatic heterocycles. The first kappa shape index (κ1) is 7.87. The lowest BCUT2D eigenvalue weighted by molar-refractivity contribution is 1.00. The number of alkyl halides is 1. The first-order valence-electron chi connectivity index (χ1n) is 3.98. The first-order valence-corrected chi connectivity index (χ1v) is 5.10. The summed E-state index contributed by atoms with van der Waals surface area (Å²) in [6.07, 6.45) is 4.36. The Morgan fingerprint density at radius 3 is 3.00 bits per heavy atom. The summed E-state index contributed by atoms with van der Waals surface area (Å²) in [6, 6.07) is 8.44. The fraction of sp³-hybridized carbons (Fsp3) is 0.200. The predicted molar refractivity (Wildman–Crippen MR) is 56.6 cm³/mol. The third kappa shape index (κ3) is 1.27. The van der Waals surface area contributed by atoms with E-state index in [9.17, 15) is 0 Å². The molecular formula is C10H10BrN. The molecule has 1 nitrogen and oxygen atoms in total. The van der Waals surface area contributed by atoms with Crippen LogP contribution in [-0.4, -0.2) is 12.0 Å². The fourth-order valence-electron chi connectivity index (χ4n) is 1.43. The number of para-hydroxylation sites is 1. The number of anilines is 1. The van der Waals surface area contributed by atoms with Crippen LogP contribution in [0.3, 0.4) is 0 Å². The van der Waals surface area contributed by atoms with Crippen molar-refractivity contribution in [3.8, 4) is 0 Å². The Bertz CT molecular complexity index is 306. The maximum atomic E-state index is 3.47. The largest absolute Gasteiger partial charge is 0.357 e. The monoisotopic (exact) mass is 223 g/mol. The minimum absolute atomic E-state index is 0.897. The van der Waals surface area contributed by atoms with E-state index in [1.807, 2.05) is 0 Å². The van der Waals surface area contributed by atoms with Gasteiger partial charge in [-0.25, -0.2) is 0 Å². The Hall–Kier alpha value is -0.760. The lowest BCUT2D eigenvalue weighted by atomic mass is 10.1. The van der Waals surface area contributed by atoms with Crippen LogP contribution in [0.15, 0.2) is 30.3 Å². The number of rotatable bonds is 1. The van der Waals surface area contributed by atoms with E-state index in [4.69, 9.17) is 0 Å². The quantitative estimate of drug-likeness (QED) is 0.523. The van der Waals surface area contributed by atoms with E-state index in [0.29, 0.717) is 0 Å². The lowest BCUT2D eigenvalue weighted by Gasteiger charge is -2.25. The van der Waals surface area contributed by atoms with E-state index in [0.717, 1.165) is 12.0 Å². The Labute approximate surface area is 80.8 Å². The van der Waals surface area contributed by atoms with E-state index in [1.165, 1.54) is 11.3 Å². The molecule has 0 saturated carbocycles. The number of halogens is 1. The van der Waals surface area contributed by atoms with Crippen LogP contribution in [0.1, 0.15) is 5.56 Å². The Morgan fingerprint density at radius 1 is 1.33 bits per heavy atom. The van der Waals surface area contributed by atoms with Crippen LogP contribution >= 0.6 is 15.9 Å². The van der Waals surface area contributed by atoms with Gasteiger partial charge in [-0.2, -0.15) is 0 Å². The molecule has 0 fully saturated rings. The third-order valence-corrected chi connectivity index (χ3v) is 2.65. The second-order valence-electron chi connectivity index (χ2n) is 2.80. The topological polar surface area (TPSA) is 3.24 Å². The molecule has 1 aromatic carbocycles. The van der Waals surface area contributed by atoms with Gasteiger partial charge >= 0.3 is 0 Å². The lowest BCUT2D eigenvalue weighted by Crippen LogP contribution is -2.23. The van der Waals surface area contributed by atoms with Gasteiger partial charge in [-0.05, 0) is 11.6 Å². The van der Waals surface area contributed by atoms with Gasteiger partial charge in [-0.3, -0.25) is 0 Å². The highest BCUT2D eigenvalue weighted by molar-refractivity contribution is 9.09. The fourth-order valence-corrected chi connectivity index (χ4v) is 1.91. The molecule has 0 unspecified atom stereocenters. The summed E-state index contributed by atoms with van der Waals surface area (Å²) in [6.45, 7) is 1.00. The molecule has 0 aliphatic carbocycles. The summed E-state index contributed by atoms with van der Waals surface area (Å²) in [4.78, 5) is 2.29. The van der Waals surface area contributed by atoms with E-state index in [-0.39, 0.29) is 0 Å². The molecule has 1 heterocycles. The molecule has 62 valence electrons. The van der Waals surface area contributed by atoms with Crippen molar-refractivity contribution in [1.82, 2.24) is 0 Å². The number of hydrogen-bond acceptors (Lipinski definition) is 1. The molecule has 12 heavy (non-hydrogen) atoms. The first-order chi connectivity index (χ1) is 5.92. The molecule has 1 aromatic rings.